The molecule has 5 heteroatoms. The van der Waals surface area contributed by atoms with Crippen molar-refractivity contribution in [1.29, 1.82) is 0 Å². The maximum absolute atomic E-state index is 10.8. The summed E-state index contributed by atoms with van der Waals surface area (Å²) in [6.45, 7) is 0. The maximum atomic E-state index is 10.8. The molecule has 3 N–H and O–H groups in total. The number of carboxylic acids is 1. The molecule has 1 heterocycles. The van der Waals surface area contributed by atoms with Crippen LogP contribution in [0.3, 0.4) is 0 Å². The first-order valence-corrected chi connectivity index (χ1v) is 5.72. The molecule has 0 aliphatic rings. The molecule has 0 radical (unpaired) electrons. The largest absolute Gasteiger partial charge is 0.478 e. The lowest BCUT2D eigenvalue weighted by Crippen LogP contribution is -1.99. The van der Waals surface area contributed by atoms with Crippen molar-refractivity contribution in [1.82, 2.24) is 9.78 Å². The minimum atomic E-state index is -0.940. The number of carboxylic acid groups (broad SMARTS) is 1. The monoisotopic (exact) mass is 253 g/mol. The van der Waals surface area contributed by atoms with Crippen molar-refractivity contribution in [2.75, 3.05) is 5.73 Å². The van der Waals surface area contributed by atoms with Gasteiger partial charge in [0.15, 0.2) is 0 Å². The first-order chi connectivity index (χ1) is 9.15. The van der Waals surface area contributed by atoms with Gasteiger partial charge in [0, 0.05) is 11.1 Å². The molecule has 0 bridgehead atoms. The van der Waals surface area contributed by atoms with Crippen LogP contribution >= 0.6 is 0 Å². The highest BCUT2D eigenvalue weighted by molar-refractivity contribution is 5.88. The first-order valence-electron chi connectivity index (χ1n) is 5.72. The lowest BCUT2D eigenvalue weighted by atomic mass is 10.2. The molecule has 0 spiro atoms. The molecule has 0 amide bonds. The van der Waals surface area contributed by atoms with Crippen LogP contribution in [-0.2, 0) is 0 Å². The van der Waals surface area contributed by atoms with Crippen LogP contribution in [0.5, 0.6) is 0 Å². The number of nitrogens with zero attached hydrogens (tertiary/aromatic N) is 2. The van der Waals surface area contributed by atoms with E-state index in [2.05, 4.69) is 5.10 Å². The number of benzene rings is 2. The number of anilines is 1. The summed E-state index contributed by atoms with van der Waals surface area (Å²) in [5, 5.41) is 14.1. The van der Waals surface area contributed by atoms with E-state index in [1.807, 2.05) is 18.2 Å². The number of aromatic nitrogens is 2. The van der Waals surface area contributed by atoms with Gasteiger partial charge in [-0.2, -0.15) is 5.10 Å². The highest BCUT2D eigenvalue weighted by atomic mass is 16.4. The van der Waals surface area contributed by atoms with Crippen molar-refractivity contribution >= 4 is 22.6 Å². The Morgan fingerprint density at radius 2 is 1.89 bits per heavy atom. The Labute approximate surface area is 108 Å². The van der Waals surface area contributed by atoms with E-state index in [0.29, 0.717) is 5.69 Å². The summed E-state index contributed by atoms with van der Waals surface area (Å²) in [7, 11) is 0. The fraction of sp³-hybridized carbons (Fsp3) is 0. The summed E-state index contributed by atoms with van der Waals surface area (Å²) in [5.41, 5.74) is 8.40. The van der Waals surface area contributed by atoms with Crippen LogP contribution in [0.1, 0.15) is 10.4 Å². The number of nitrogen functional groups attached to an aromatic ring is 1. The SMILES string of the molecule is Nc1ccc2c(cnn2-c2ccc(C(=O)O)cc2)c1. The molecule has 0 saturated carbocycles. The van der Waals surface area contributed by atoms with Crippen molar-refractivity contribution in [2.24, 2.45) is 0 Å². The van der Waals surface area contributed by atoms with Gasteiger partial charge >= 0.3 is 5.97 Å². The van der Waals surface area contributed by atoms with Crippen molar-refractivity contribution in [3.8, 4) is 5.69 Å². The van der Waals surface area contributed by atoms with Crippen LogP contribution in [0.2, 0.25) is 0 Å². The Hall–Kier alpha value is -2.82. The molecule has 3 aromatic rings. The molecule has 5 nitrogen and oxygen atoms in total. The number of rotatable bonds is 2. The van der Waals surface area contributed by atoms with Crippen LogP contribution < -0.4 is 5.73 Å². The van der Waals surface area contributed by atoms with Crippen LogP contribution in [-0.4, -0.2) is 20.9 Å². The molecule has 1 aromatic heterocycles. The lowest BCUT2D eigenvalue weighted by molar-refractivity contribution is 0.0697. The lowest BCUT2D eigenvalue weighted by Gasteiger charge is -2.04. The maximum Gasteiger partial charge on any atom is 0.335 e. The molecule has 19 heavy (non-hydrogen) atoms. The summed E-state index contributed by atoms with van der Waals surface area (Å²) in [4.78, 5) is 10.8. The molecule has 0 atom stereocenters. The quantitative estimate of drug-likeness (QED) is 0.687. The molecular weight excluding hydrogens is 242 g/mol. The summed E-state index contributed by atoms with van der Waals surface area (Å²) < 4.78 is 1.75. The molecule has 0 fully saturated rings. The van der Waals surface area contributed by atoms with Gasteiger partial charge in [-0.15, -0.1) is 0 Å². The summed E-state index contributed by atoms with van der Waals surface area (Å²) >= 11 is 0. The molecule has 3 rings (SSSR count). The van der Waals surface area contributed by atoms with Crippen LogP contribution in [0.4, 0.5) is 5.69 Å². The summed E-state index contributed by atoms with van der Waals surface area (Å²) in [6.07, 6.45) is 1.73. The van der Waals surface area contributed by atoms with Gasteiger partial charge in [-0.05, 0) is 42.5 Å². The van der Waals surface area contributed by atoms with Gasteiger partial charge in [-0.3, -0.25) is 0 Å². The molecule has 2 aromatic carbocycles. The van der Waals surface area contributed by atoms with Gasteiger partial charge in [0.25, 0.3) is 0 Å². The van der Waals surface area contributed by atoms with E-state index in [4.69, 9.17) is 10.8 Å². The third-order valence-corrected chi connectivity index (χ3v) is 2.95. The Bertz CT molecular complexity index is 760. The second-order valence-corrected chi connectivity index (χ2v) is 4.23. The van der Waals surface area contributed by atoms with Crippen molar-refractivity contribution in [2.45, 2.75) is 0 Å². The molecule has 0 unspecified atom stereocenters. The van der Waals surface area contributed by atoms with Crippen molar-refractivity contribution in [3.63, 3.8) is 0 Å². The highest BCUT2D eigenvalue weighted by Gasteiger charge is 2.06. The van der Waals surface area contributed by atoms with E-state index < -0.39 is 5.97 Å². The Kier molecular flexibility index (Phi) is 2.45. The second-order valence-electron chi connectivity index (χ2n) is 4.23. The van der Waals surface area contributed by atoms with Gasteiger partial charge in [0.2, 0.25) is 0 Å². The Morgan fingerprint density at radius 1 is 1.16 bits per heavy atom. The zero-order valence-electron chi connectivity index (χ0n) is 9.95. The average molecular weight is 253 g/mol. The second kappa shape index (κ2) is 4.13. The Balaban J connectivity index is 2.11. The van der Waals surface area contributed by atoms with Crippen LogP contribution in [0.15, 0.2) is 48.7 Å². The molecular formula is C14H11N3O2. The number of fused-ring (bicyclic) bond motifs is 1. The van der Waals surface area contributed by atoms with Gasteiger partial charge in [-0.1, -0.05) is 0 Å². The van der Waals surface area contributed by atoms with E-state index in [0.717, 1.165) is 16.6 Å². The minimum Gasteiger partial charge on any atom is -0.478 e. The number of nitrogens with two attached hydrogens (primary N) is 1. The van der Waals surface area contributed by atoms with Gasteiger partial charge in [-0.25, -0.2) is 9.48 Å². The topological polar surface area (TPSA) is 81.1 Å². The third kappa shape index (κ3) is 1.91. The van der Waals surface area contributed by atoms with Crippen molar-refractivity contribution in [3.05, 3.63) is 54.2 Å². The minimum absolute atomic E-state index is 0.254. The van der Waals surface area contributed by atoms with E-state index in [1.165, 1.54) is 0 Å². The van der Waals surface area contributed by atoms with Gasteiger partial charge < -0.3 is 10.8 Å². The number of carbonyl (C=O) groups is 1. The van der Waals surface area contributed by atoms with Crippen LogP contribution in [0.25, 0.3) is 16.6 Å². The van der Waals surface area contributed by atoms with Crippen molar-refractivity contribution < 1.29 is 9.90 Å². The number of hydrogen-bond donors (Lipinski definition) is 2. The van der Waals surface area contributed by atoms with E-state index >= 15 is 0 Å². The fourth-order valence-electron chi connectivity index (χ4n) is 2.00. The third-order valence-electron chi connectivity index (χ3n) is 2.95. The standard InChI is InChI=1S/C14H11N3O2/c15-11-3-6-13-10(7-11)8-16-17(13)12-4-1-9(2-5-12)14(18)19/h1-8H,15H2,(H,18,19). The zero-order valence-corrected chi connectivity index (χ0v) is 9.95. The van der Waals surface area contributed by atoms with E-state index in [-0.39, 0.29) is 5.56 Å². The summed E-state index contributed by atoms with van der Waals surface area (Å²) in [6, 6.07) is 12.1. The predicted octanol–water partition coefficient (Wildman–Crippen LogP) is 2.31. The normalized spacial score (nSPS) is 10.7. The highest BCUT2D eigenvalue weighted by Crippen LogP contribution is 2.20. The molecule has 0 saturated heterocycles. The Morgan fingerprint density at radius 3 is 2.58 bits per heavy atom. The van der Waals surface area contributed by atoms with Crippen LogP contribution in [0, 0.1) is 0 Å². The first kappa shape index (κ1) is 11.3. The van der Waals surface area contributed by atoms with Gasteiger partial charge in [0.05, 0.1) is 23.0 Å². The zero-order chi connectivity index (χ0) is 13.4. The smallest absolute Gasteiger partial charge is 0.335 e. The van der Waals surface area contributed by atoms with Gasteiger partial charge in [0.1, 0.15) is 0 Å². The average Bonchev–Trinajstić information content (AvgIpc) is 2.81. The number of hydrogen-bond acceptors (Lipinski definition) is 3. The number of aromatic carboxylic acids is 1. The molecule has 94 valence electrons. The fourth-order valence-corrected chi connectivity index (χ4v) is 2.00. The molecule has 0 aliphatic heterocycles. The van der Waals surface area contributed by atoms with E-state index in [1.54, 1.807) is 35.1 Å². The predicted molar refractivity (Wildman–Crippen MR) is 72.4 cm³/mol. The summed E-state index contributed by atoms with van der Waals surface area (Å²) in [5.74, 6) is -0.940. The van der Waals surface area contributed by atoms with E-state index in [9.17, 15) is 4.79 Å². The molecule has 0 aliphatic carbocycles.